The van der Waals surface area contributed by atoms with Crippen molar-refractivity contribution in [3.8, 4) is 11.5 Å². The zero-order valence-electron chi connectivity index (χ0n) is 19.7. The first-order chi connectivity index (χ1) is 16.4. The molecule has 2 aliphatic heterocycles. The third kappa shape index (κ3) is 4.44. The average Bonchev–Trinajstić information content (AvgIpc) is 3.25. The van der Waals surface area contributed by atoms with Gasteiger partial charge in [-0.25, -0.2) is 14.4 Å². The van der Waals surface area contributed by atoms with Crippen LogP contribution in [0.4, 0.5) is 4.39 Å². The number of primary amides is 1. The molecule has 2 heterocycles. The average molecular weight is 477 g/mol. The molecule has 0 spiro atoms. The molecule has 5 nitrogen and oxygen atoms in total. The second-order valence-corrected chi connectivity index (χ2v) is 9.43. The molecule has 1 amide bonds. The highest BCUT2D eigenvalue weighted by Crippen LogP contribution is 2.38. The molecule has 2 N–H and O–H groups in total. The van der Waals surface area contributed by atoms with Crippen LogP contribution in [0.5, 0.6) is 0 Å². The van der Waals surface area contributed by atoms with E-state index >= 15 is 0 Å². The highest BCUT2D eigenvalue weighted by atomic mass is 32.2. The summed E-state index contributed by atoms with van der Waals surface area (Å²) in [6.07, 6.45) is 4.30. The number of hydrogen-bond acceptors (Lipinski definition) is 4. The SMILES string of the molecule is CCCc1ccc(C)c(C(CC)(C(N)=O)n2cccc3nc(SCc4ccc(F)cc4)nc2-3)c1. The lowest BCUT2D eigenvalue weighted by Gasteiger charge is -2.35. The Hall–Kier alpha value is -3.19. The minimum atomic E-state index is -1.09. The van der Waals surface area contributed by atoms with Gasteiger partial charge >= 0.3 is 0 Å². The molecular formula is C27H29FN4OS. The number of pyridine rings is 1. The van der Waals surface area contributed by atoms with Crippen molar-refractivity contribution in [3.63, 3.8) is 0 Å². The summed E-state index contributed by atoms with van der Waals surface area (Å²) in [6, 6.07) is 16.5. The summed E-state index contributed by atoms with van der Waals surface area (Å²) >= 11 is 1.47. The van der Waals surface area contributed by atoms with Gasteiger partial charge in [-0.3, -0.25) is 4.79 Å². The molecule has 0 fully saturated rings. The summed E-state index contributed by atoms with van der Waals surface area (Å²) in [7, 11) is 0. The number of carbonyl (C=O) groups excluding carboxylic acids is 1. The van der Waals surface area contributed by atoms with E-state index in [1.807, 2.05) is 36.7 Å². The number of imidazole rings is 1. The molecule has 0 aromatic heterocycles. The van der Waals surface area contributed by atoms with E-state index in [1.54, 1.807) is 12.1 Å². The third-order valence-corrected chi connectivity index (χ3v) is 7.18. The van der Waals surface area contributed by atoms with E-state index in [0.29, 0.717) is 28.8 Å². The molecule has 1 atom stereocenters. The van der Waals surface area contributed by atoms with Gasteiger partial charge in [0, 0.05) is 11.9 Å². The summed E-state index contributed by atoms with van der Waals surface area (Å²) < 4.78 is 15.1. The number of aryl methyl sites for hydroxylation is 2. The van der Waals surface area contributed by atoms with Crippen molar-refractivity contribution in [2.24, 2.45) is 5.73 Å². The van der Waals surface area contributed by atoms with Gasteiger partial charge in [-0.15, -0.1) is 0 Å². The molecule has 0 saturated carbocycles. The van der Waals surface area contributed by atoms with E-state index in [-0.39, 0.29) is 5.82 Å². The Morgan fingerprint density at radius 1 is 1.09 bits per heavy atom. The summed E-state index contributed by atoms with van der Waals surface area (Å²) in [5, 5.41) is 0.602. The second-order valence-electron chi connectivity index (χ2n) is 8.49. The van der Waals surface area contributed by atoms with E-state index < -0.39 is 11.4 Å². The zero-order chi connectivity index (χ0) is 24.3. The number of carbonyl (C=O) groups is 1. The van der Waals surface area contributed by atoms with Crippen molar-refractivity contribution in [2.45, 2.75) is 56.5 Å². The number of halogens is 1. The Kier molecular flexibility index (Phi) is 7.03. The first-order valence-electron chi connectivity index (χ1n) is 11.5. The molecule has 0 bridgehead atoms. The van der Waals surface area contributed by atoms with Gasteiger partial charge in [0.05, 0.1) is 0 Å². The maximum Gasteiger partial charge on any atom is 0.248 e. The molecule has 0 radical (unpaired) electrons. The van der Waals surface area contributed by atoms with Crippen LogP contribution in [0.25, 0.3) is 11.5 Å². The molecular weight excluding hydrogens is 447 g/mol. The van der Waals surface area contributed by atoms with Crippen molar-refractivity contribution >= 4 is 17.7 Å². The van der Waals surface area contributed by atoms with Crippen LogP contribution in [-0.4, -0.2) is 20.4 Å². The predicted molar refractivity (Wildman–Crippen MR) is 134 cm³/mol. The van der Waals surface area contributed by atoms with Crippen molar-refractivity contribution in [1.29, 1.82) is 0 Å². The van der Waals surface area contributed by atoms with Crippen molar-refractivity contribution < 1.29 is 9.18 Å². The Labute approximate surface area is 204 Å². The molecule has 7 heteroatoms. The molecule has 0 aliphatic carbocycles. The number of amides is 1. The van der Waals surface area contributed by atoms with E-state index in [9.17, 15) is 9.18 Å². The van der Waals surface area contributed by atoms with Crippen molar-refractivity contribution in [3.05, 3.63) is 88.9 Å². The van der Waals surface area contributed by atoms with Gasteiger partial charge in [-0.1, -0.05) is 62.4 Å². The van der Waals surface area contributed by atoms with Gasteiger partial charge in [0.25, 0.3) is 0 Å². The number of nitrogens with two attached hydrogens (primary N) is 1. The van der Waals surface area contributed by atoms with Crippen LogP contribution in [0.2, 0.25) is 0 Å². The van der Waals surface area contributed by atoms with Crippen LogP contribution >= 0.6 is 11.8 Å². The van der Waals surface area contributed by atoms with Gasteiger partial charge in [-0.2, -0.15) is 0 Å². The van der Waals surface area contributed by atoms with Gasteiger partial charge in [0.1, 0.15) is 17.1 Å². The summed E-state index contributed by atoms with van der Waals surface area (Å²) in [5.74, 6) is 0.548. The molecule has 2 aliphatic rings. The Morgan fingerprint density at radius 3 is 2.50 bits per heavy atom. The largest absolute Gasteiger partial charge is 0.367 e. The first-order valence-corrected chi connectivity index (χ1v) is 12.5. The summed E-state index contributed by atoms with van der Waals surface area (Å²) in [4.78, 5) is 22.7. The second kappa shape index (κ2) is 9.97. The fourth-order valence-electron chi connectivity index (χ4n) is 4.48. The lowest BCUT2D eigenvalue weighted by molar-refractivity contribution is -0.124. The van der Waals surface area contributed by atoms with Gasteiger partial charge < -0.3 is 10.3 Å². The predicted octanol–water partition coefficient (Wildman–Crippen LogP) is 5.71. The maximum atomic E-state index is 13.2. The van der Waals surface area contributed by atoms with Crippen molar-refractivity contribution in [2.75, 3.05) is 0 Å². The Bertz CT molecular complexity index is 1270. The lowest BCUT2D eigenvalue weighted by atomic mass is 9.81. The van der Waals surface area contributed by atoms with E-state index in [0.717, 1.165) is 29.5 Å². The molecule has 34 heavy (non-hydrogen) atoms. The fraction of sp³-hybridized carbons (Fsp3) is 0.296. The monoisotopic (exact) mass is 476 g/mol. The minimum Gasteiger partial charge on any atom is -0.367 e. The summed E-state index contributed by atoms with van der Waals surface area (Å²) in [5.41, 5.74) is 9.82. The number of thioether (sulfide) groups is 1. The van der Waals surface area contributed by atoms with Crippen LogP contribution in [0.1, 0.15) is 48.9 Å². The number of nitrogens with zero attached hydrogens (tertiary/aromatic N) is 3. The van der Waals surface area contributed by atoms with Crippen LogP contribution in [0.3, 0.4) is 0 Å². The van der Waals surface area contributed by atoms with Gasteiger partial charge in [0.15, 0.2) is 11.0 Å². The normalized spacial score (nSPS) is 13.2. The van der Waals surface area contributed by atoms with E-state index in [1.165, 1.54) is 29.5 Å². The fourth-order valence-corrected chi connectivity index (χ4v) is 5.28. The molecule has 0 saturated heterocycles. The lowest BCUT2D eigenvalue weighted by Crippen LogP contribution is -2.48. The van der Waals surface area contributed by atoms with E-state index in [2.05, 4.69) is 30.1 Å². The topological polar surface area (TPSA) is 73.8 Å². The molecule has 176 valence electrons. The molecule has 2 aromatic carbocycles. The highest BCUT2D eigenvalue weighted by Gasteiger charge is 2.42. The van der Waals surface area contributed by atoms with Crippen LogP contribution in [0.15, 0.2) is 66.0 Å². The maximum absolute atomic E-state index is 13.2. The zero-order valence-corrected chi connectivity index (χ0v) is 20.5. The number of hydrogen-bond donors (Lipinski definition) is 1. The highest BCUT2D eigenvalue weighted by molar-refractivity contribution is 7.98. The number of aromatic nitrogens is 3. The molecule has 1 unspecified atom stereocenters. The third-order valence-electron chi connectivity index (χ3n) is 6.26. The number of fused-ring (bicyclic) bond motifs is 1. The van der Waals surface area contributed by atoms with Crippen LogP contribution < -0.4 is 5.73 Å². The standard InChI is InChI=1S/C27H29FN4OS/c1-4-7-19-10-9-18(3)22(16-19)27(5-2,25(29)33)32-15-6-8-23-24(32)31-26(30-23)34-17-20-11-13-21(28)14-12-20/h6,8-16H,4-5,7,17H2,1-3H3,(H2,29,33). The smallest absolute Gasteiger partial charge is 0.248 e. The van der Waals surface area contributed by atoms with Crippen LogP contribution in [-0.2, 0) is 22.5 Å². The molecule has 4 rings (SSSR count). The first kappa shape index (κ1) is 24.0. The van der Waals surface area contributed by atoms with Gasteiger partial charge in [0.2, 0.25) is 5.91 Å². The Balaban J connectivity index is 1.79. The number of benzene rings is 2. The van der Waals surface area contributed by atoms with Gasteiger partial charge in [-0.05, 0) is 66.3 Å². The van der Waals surface area contributed by atoms with E-state index in [4.69, 9.17) is 10.7 Å². The van der Waals surface area contributed by atoms with Crippen LogP contribution in [0, 0.1) is 12.7 Å². The number of rotatable bonds is 9. The summed E-state index contributed by atoms with van der Waals surface area (Å²) in [6.45, 7) is 6.13. The van der Waals surface area contributed by atoms with Crippen molar-refractivity contribution in [1.82, 2.24) is 14.5 Å². The minimum absolute atomic E-state index is 0.259. The Morgan fingerprint density at radius 2 is 1.82 bits per heavy atom. The molecule has 2 aromatic rings. The quantitative estimate of drug-likeness (QED) is 0.314.